The summed E-state index contributed by atoms with van der Waals surface area (Å²) in [5.74, 6) is -1.95. The van der Waals surface area contributed by atoms with Crippen molar-refractivity contribution in [2.24, 2.45) is 23.7 Å². The molecule has 166 valence electrons. The fourth-order valence-electron chi connectivity index (χ4n) is 5.81. The first kappa shape index (κ1) is 20.3. The predicted octanol–water partition coefficient (Wildman–Crippen LogP) is 5.02. The molecule has 2 fully saturated rings. The lowest BCUT2D eigenvalue weighted by molar-refractivity contribution is -0.384. The maximum atomic E-state index is 13.6. The molecule has 0 radical (unpaired) electrons. The molecule has 1 saturated heterocycles. The van der Waals surface area contributed by atoms with Crippen LogP contribution >= 0.6 is 0 Å². The van der Waals surface area contributed by atoms with Crippen LogP contribution in [-0.4, -0.2) is 16.7 Å². The van der Waals surface area contributed by atoms with Crippen LogP contribution in [0.2, 0.25) is 0 Å². The Balaban J connectivity index is 1.47. The first-order valence-corrected chi connectivity index (χ1v) is 11.2. The standard InChI is InChI=1S/C28H20N2O4/c31-27-25-21-14-15-22(26(25)28(32)29(27)19-12-7-13-20(16-19)30(33)34)24(21)23(17-8-3-1-4-9-17)18-10-5-2-6-11-18/h1-16,21-22,25-26H/t21-,22-,25-,26-/m0/s1. The van der Waals surface area contributed by atoms with E-state index >= 15 is 0 Å². The topological polar surface area (TPSA) is 80.5 Å². The summed E-state index contributed by atoms with van der Waals surface area (Å²) in [6.45, 7) is 0. The van der Waals surface area contributed by atoms with Crippen LogP contribution in [0.25, 0.3) is 5.57 Å². The van der Waals surface area contributed by atoms with E-state index in [0.717, 1.165) is 27.2 Å². The minimum atomic E-state index is -0.520. The third-order valence-electron chi connectivity index (χ3n) is 7.13. The number of carbonyl (C=O) groups is 2. The van der Waals surface area contributed by atoms with Crippen LogP contribution in [0.5, 0.6) is 0 Å². The first-order valence-electron chi connectivity index (χ1n) is 11.2. The average Bonchev–Trinajstić information content (AvgIpc) is 3.50. The summed E-state index contributed by atoms with van der Waals surface area (Å²) in [5.41, 5.74) is 4.39. The summed E-state index contributed by atoms with van der Waals surface area (Å²) in [7, 11) is 0. The number of amides is 2. The van der Waals surface area contributed by atoms with E-state index in [1.54, 1.807) is 6.07 Å². The smallest absolute Gasteiger partial charge is 0.271 e. The molecule has 1 aliphatic heterocycles. The van der Waals surface area contributed by atoms with E-state index < -0.39 is 16.8 Å². The van der Waals surface area contributed by atoms with E-state index in [9.17, 15) is 19.7 Å². The Morgan fingerprint density at radius 1 is 0.735 bits per heavy atom. The van der Waals surface area contributed by atoms with Crippen LogP contribution in [0.3, 0.4) is 0 Å². The highest BCUT2D eigenvalue weighted by molar-refractivity contribution is 6.23. The number of anilines is 1. The van der Waals surface area contributed by atoms with Crippen molar-refractivity contribution in [1.82, 2.24) is 0 Å². The molecule has 1 heterocycles. The molecule has 2 amide bonds. The Kier molecular flexibility index (Phi) is 4.55. The van der Waals surface area contributed by atoms with Gasteiger partial charge in [-0.1, -0.05) is 78.9 Å². The van der Waals surface area contributed by atoms with Crippen molar-refractivity contribution in [3.05, 3.63) is 124 Å². The normalized spacial score (nSPS) is 24.6. The molecule has 2 bridgehead atoms. The van der Waals surface area contributed by atoms with Gasteiger partial charge in [0.25, 0.3) is 5.69 Å². The number of carbonyl (C=O) groups excluding carboxylic acids is 2. The summed E-state index contributed by atoms with van der Waals surface area (Å²) in [6, 6.07) is 25.9. The van der Waals surface area contributed by atoms with Gasteiger partial charge in [-0.3, -0.25) is 19.7 Å². The number of nitro benzene ring substituents is 1. The monoisotopic (exact) mass is 448 g/mol. The zero-order chi connectivity index (χ0) is 23.4. The van der Waals surface area contributed by atoms with Crippen LogP contribution < -0.4 is 4.90 Å². The molecule has 0 N–H and O–H groups in total. The molecule has 3 aromatic rings. The minimum Gasteiger partial charge on any atom is -0.274 e. The van der Waals surface area contributed by atoms with E-state index in [4.69, 9.17) is 0 Å². The van der Waals surface area contributed by atoms with Gasteiger partial charge >= 0.3 is 0 Å². The van der Waals surface area contributed by atoms with Crippen molar-refractivity contribution < 1.29 is 14.5 Å². The number of hydrogen-bond acceptors (Lipinski definition) is 4. The van der Waals surface area contributed by atoms with Crippen molar-refractivity contribution in [2.45, 2.75) is 0 Å². The van der Waals surface area contributed by atoms with Crippen molar-refractivity contribution in [3.63, 3.8) is 0 Å². The number of fused-ring (bicyclic) bond motifs is 5. The van der Waals surface area contributed by atoms with Crippen LogP contribution in [0, 0.1) is 33.8 Å². The number of allylic oxidation sites excluding steroid dienone is 3. The van der Waals surface area contributed by atoms with E-state index in [-0.39, 0.29) is 35.0 Å². The summed E-state index contributed by atoms with van der Waals surface area (Å²) in [4.78, 5) is 39.0. The van der Waals surface area contributed by atoms with Gasteiger partial charge in [-0.05, 0) is 28.3 Å². The van der Waals surface area contributed by atoms with E-state index in [2.05, 4.69) is 36.4 Å². The second-order valence-electron chi connectivity index (χ2n) is 8.84. The van der Waals surface area contributed by atoms with Crippen LogP contribution in [0.4, 0.5) is 11.4 Å². The molecule has 3 aromatic carbocycles. The molecule has 0 spiro atoms. The van der Waals surface area contributed by atoms with Crippen LogP contribution in [0.1, 0.15) is 11.1 Å². The Labute approximate surface area is 196 Å². The van der Waals surface area contributed by atoms with Crippen LogP contribution in [0.15, 0.2) is 103 Å². The van der Waals surface area contributed by atoms with Gasteiger partial charge in [-0.2, -0.15) is 0 Å². The molecule has 34 heavy (non-hydrogen) atoms. The maximum Gasteiger partial charge on any atom is 0.271 e. The van der Waals surface area contributed by atoms with E-state index in [1.807, 2.05) is 36.4 Å². The summed E-state index contributed by atoms with van der Waals surface area (Å²) in [6.07, 6.45) is 4.10. The number of hydrogen-bond donors (Lipinski definition) is 0. The lowest BCUT2D eigenvalue weighted by Gasteiger charge is -2.21. The fourth-order valence-corrected chi connectivity index (χ4v) is 5.81. The molecule has 4 atom stereocenters. The number of nitrogens with zero attached hydrogens (tertiary/aromatic N) is 2. The molecule has 0 aromatic heterocycles. The van der Waals surface area contributed by atoms with Crippen molar-refractivity contribution >= 4 is 28.8 Å². The van der Waals surface area contributed by atoms with Gasteiger partial charge in [0.2, 0.25) is 11.8 Å². The molecular formula is C28H20N2O4. The third kappa shape index (κ3) is 2.88. The number of nitro groups is 1. The molecular weight excluding hydrogens is 428 g/mol. The predicted molar refractivity (Wildman–Crippen MR) is 128 cm³/mol. The lowest BCUT2D eigenvalue weighted by atomic mass is 9.85. The molecule has 6 heteroatoms. The van der Waals surface area contributed by atoms with Gasteiger partial charge in [0.15, 0.2) is 0 Å². The first-order chi connectivity index (χ1) is 16.6. The van der Waals surface area contributed by atoms with Crippen molar-refractivity contribution in [2.75, 3.05) is 4.90 Å². The van der Waals surface area contributed by atoms with Crippen LogP contribution in [-0.2, 0) is 9.59 Å². The van der Waals surface area contributed by atoms with Gasteiger partial charge < -0.3 is 0 Å². The van der Waals surface area contributed by atoms with Gasteiger partial charge in [0, 0.05) is 24.0 Å². The highest BCUT2D eigenvalue weighted by atomic mass is 16.6. The Hall–Kier alpha value is -4.32. The highest BCUT2D eigenvalue weighted by Gasteiger charge is 2.62. The zero-order valence-corrected chi connectivity index (χ0v) is 18.1. The third-order valence-corrected chi connectivity index (χ3v) is 7.13. The number of non-ortho nitro benzene ring substituents is 1. The molecule has 6 nitrogen and oxygen atoms in total. The molecule has 1 saturated carbocycles. The number of rotatable bonds is 4. The summed E-state index contributed by atoms with van der Waals surface area (Å²) < 4.78 is 0. The van der Waals surface area contributed by atoms with Gasteiger partial charge in [0.05, 0.1) is 22.4 Å². The molecule has 3 aliphatic rings. The molecule has 2 aliphatic carbocycles. The van der Waals surface area contributed by atoms with Crippen molar-refractivity contribution in [1.29, 1.82) is 0 Å². The minimum absolute atomic E-state index is 0.146. The highest BCUT2D eigenvalue weighted by Crippen LogP contribution is 2.58. The quantitative estimate of drug-likeness (QED) is 0.243. The van der Waals surface area contributed by atoms with E-state index in [1.165, 1.54) is 18.2 Å². The number of benzene rings is 3. The molecule has 0 unspecified atom stereocenters. The second-order valence-corrected chi connectivity index (χ2v) is 8.84. The lowest BCUT2D eigenvalue weighted by Crippen LogP contribution is -2.33. The van der Waals surface area contributed by atoms with Gasteiger partial charge in [0.1, 0.15) is 0 Å². The fraction of sp³-hybridized carbons (Fsp3) is 0.143. The SMILES string of the molecule is O=C1[C@@H]2[C@@H](C(=O)N1c1cccc([N+](=O)[O-])c1)[C@H]1C=C[C@H]2C1=C(c1ccccc1)c1ccccc1. The largest absolute Gasteiger partial charge is 0.274 e. The summed E-state index contributed by atoms with van der Waals surface area (Å²) in [5, 5.41) is 11.2. The van der Waals surface area contributed by atoms with Gasteiger partial charge in [-0.15, -0.1) is 0 Å². The maximum absolute atomic E-state index is 13.6. The number of imide groups is 1. The Bertz CT molecular complexity index is 1320. The van der Waals surface area contributed by atoms with Gasteiger partial charge in [-0.25, -0.2) is 4.90 Å². The zero-order valence-electron chi connectivity index (χ0n) is 18.1. The summed E-state index contributed by atoms with van der Waals surface area (Å²) >= 11 is 0. The average molecular weight is 448 g/mol. The van der Waals surface area contributed by atoms with Crippen molar-refractivity contribution in [3.8, 4) is 0 Å². The second kappa shape index (κ2) is 7.63. The Morgan fingerprint density at radius 3 is 1.76 bits per heavy atom. The van der Waals surface area contributed by atoms with E-state index in [0.29, 0.717) is 0 Å². The Morgan fingerprint density at radius 2 is 1.26 bits per heavy atom. The molecule has 6 rings (SSSR count).